The number of aromatic nitrogens is 4. The highest BCUT2D eigenvalue weighted by molar-refractivity contribution is 7.21. The van der Waals surface area contributed by atoms with E-state index in [2.05, 4.69) is 15.3 Å². The van der Waals surface area contributed by atoms with Gasteiger partial charge < -0.3 is 14.6 Å². The zero-order chi connectivity index (χ0) is 15.4. The second-order valence-electron chi connectivity index (χ2n) is 4.56. The minimum Gasteiger partial charge on any atom is -0.497 e. The largest absolute Gasteiger partial charge is 0.497 e. The molecule has 116 valence electrons. The third kappa shape index (κ3) is 3.24. The van der Waals surface area contributed by atoms with Crippen LogP contribution in [0.5, 0.6) is 5.75 Å². The summed E-state index contributed by atoms with van der Waals surface area (Å²) in [6.07, 6.45) is 1.84. The normalized spacial score (nSPS) is 11.2. The van der Waals surface area contributed by atoms with Gasteiger partial charge in [0.05, 0.1) is 49.9 Å². The predicted molar refractivity (Wildman–Crippen MR) is 83.1 cm³/mol. The fourth-order valence-electron chi connectivity index (χ4n) is 1.97. The van der Waals surface area contributed by atoms with Crippen molar-refractivity contribution in [3.8, 4) is 16.5 Å². The highest BCUT2D eigenvalue weighted by Gasteiger charge is 2.10. The summed E-state index contributed by atoms with van der Waals surface area (Å²) in [4.78, 5) is 4.56. The Balaban J connectivity index is 1.75. The Labute approximate surface area is 131 Å². The number of fused-ring (bicyclic) bond motifs is 1. The number of hydrogen-bond donors (Lipinski definition) is 1. The Bertz CT molecular complexity index is 755. The molecule has 0 bridgehead atoms. The van der Waals surface area contributed by atoms with Crippen LogP contribution in [0.15, 0.2) is 24.4 Å². The van der Waals surface area contributed by atoms with Gasteiger partial charge in [-0.2, -0.15) is 0 Å². The molecule has 3 aromatic rings. The summed E-state index contributed by atoms with van der Waals surface area (Å²) in [7, 11) is 1.65. The zero-order valence-electron chi connectivity index (χ0n) is 12.1. The SMILES string of the molecule is COc1ccc2nc(-c3cn(CCOCCO)nn3)sc2c1. The second kappa shape index (κ2) is 6.82. The van der Waals surface area contributed by atoms with Gasteiger partial charge in [-0.1, -0.05) is 5.21 Å². The summed E-state index contributed by atoms with van der Waals surface area (Å²) in [5.41, 5.74) is 1.66. The number of nitrogens with zero attached hydrogens (tertiary/aromatic N) is 4. The predicted octanol–water partition coefficient (Wildman–Crippen LogP) is 1.57. The molecule has 0 saturated carbocycles. The lowest BCUT2D eigenvalue weighted by molar-refractivity contribution is 0.0851. The van der Waals surface area contributed by atoms with Gasteiger partial charge in [-0.05, 0) is 18.2 Å². The summed E-state index contributed by atoms with van der Waals surface area (Å²) < 4.78 is 13.2. The zero-order valence-corrected chi connectivity index (χ0v) is 12.9. The molecule has 2 heterocycles. The lowest BCUT2D eigenvalue weighted by Crippen LogP contribution is -2.08. The first-order valence-corrected chi connectivity index (χ1v) is 7.65. The van der Waals surface area contributed by atoms with Crippen LogP contribution in [0.4, 0.5) is 0 Å². The molecule has 0 amide bonds. The molecule has 0 radical (unpaired) electrons. The third-order valence-electron chi connectivity index (χ3n) is 3.05. The van der Waals surface area contributed by atoms with Crippen LogP contribution in [0, 0.1) is 0 Å². The first-order chi connectivity index (χ1) is 10.8. The lowest BCUT2D eigenvalue weighted by atomic mass is 10.3. The smallest absolute Gasteiger partial charge is 0.146 e. The number of methoxy groups -OCH3 is 1. The molecule has 1 N–H and O–H groups in total. The highest BCUT2D eigenvalue weighted by atomic mass is 32.1. The molecule has 3 rings (SSSR count). The van der Waals surface area contributed by atoms with Crippen LogP contribution >= 0.6 is 11.3 Å². The van der Waals surface area contributed by atoms with Crippen molar-refractivity contribution < 1.29 is 14.6 Å². The van der Waals surface area contributed by atoms with E-state index in [0.717, 1.165) is 26.7 Å². The number of aliphatic hydroxyl groups excluding tert-OH is 1. The summed E-state index contributed by atoms with van der Waals surface area (Å²) in [5, 5.41) is 17.7. The van der Waals surface area contributed by atoms with Gasteiger partial charge in [-0.25, -0.2) is 9.67 Å². The molecule has 0 aliphatic rings. The van der Waals surface area contributed by atoms with Crippen molar-refractivity contribution in [3.63, 3.8) is 0 Å². The molecule has 0 spiro atoms. The minimum atomic E-state index is 0.0256. The van der Waals surface area contributed by atoms with E-state index in [4.69, 9.17) is 14.6 Å². The Kier molecular flexibility index (Phi) is 4.62. The number of ether oxygens (including phenoxy) is 2. The molecular weight excluding hydrogens is 304 g/mol. The average molecular weight is 320 g/mol. The average Bonchev–Trinajstić information content (AvgIpc) is 3.17. The van der Waals surface area contributed by atoms with E-state index in [1.165, 1.54) is 0 Å². The Morgan fingerprint density at radius 3 is 3.05 bits per heavy atom. The molecular formula is C14H16N4O3S. The number of benzene rings is 1. The summed E-state index contributed by atoms with van der Waals surface area (Å²) in [6.45, 7) is 1.44. The third-order valence-corrected chi connectivity index (χ3v) is 4.09. The Morgan fingerprint density at radius 1 is 1.32 bits per heavy atom. The van der Waals surface area contributed by atoms with Crippen molar-refractivity contribution in [1.82, 2.24) is 20.0 Å². The molecule has 0 fully saturated rings. The fourth-order valence-corrected chi connectivity index (χ4v) is 2.92. The number of rotatable bonds is 7. The van der Waals surface area contributed by atoms with Gasteiger partial charge in [0.2, 0.25) is 0 Å². The first kappa shape index (κ1) is 14.9. The van der Waals surface area contributed by atoms with Crippen LogP contribution in [0.25, 0.3) is 20.9 Å². The lowest BCUT2D eigenvalue weighted by Gasteiger charge is -2.00. The van der Waals surface area contributed by atoms with Crippen molar-refractivity contribution in [2.45, 2.75) is 6.54 Å². The van der Waals surface area contributed by atoms with Crippen LogP contribution in [-0.2, 0) is 11.3 Å². The topological polar surface area (TPSA) is 82.3 Å². The van der Waals surface area contributed by atoms with Gasteiger partial charge in [0.25, 0.3) is 0 Å². The number of thiazole rings is 1. The van der Waals surface area contributed by atoms with Gasteiger partial charge in [0.1, 0.15) is 16.5 Å². The standard InChI is InChI=1S/C14H16N4O3S/c1-20-10-2-3-11-13(8-10)22-14(15-11)12-9-18(17-16-12)4-6-21-7-5-19/h2-3,8-9,19H,4-7H2,1H3. The summed E-state index contributed by atoms with van der Waals surface area (Å²) in [6, 6.07) is 5.78. The van der Waals surface area contributed by atoms with E-state index in [-0.39, 0.29) is 6.61 Å². The van der Waals surface area contributed by atoms with Gasteiger partial charge >= 0.3 is 0 Å². The van der Waals surface area contributed by atoms with Crippen LogP contribution < -0.4 is 4.74 Å². The van der Waals surface area contributed by atoms with Gasteiger partial charge in [0, 0.05) is 0 Å². The number of hydrogen-bond acceptors (Lipinski definition) is 7. The van der Waals surface area contributed by atoms with E-state index >= 15 is 0 Å². The summed E-state index contributed by atoms with van der Waals surface area (Å²) >= 11 is 1.55. The van der Waals surface area contributed by atoms with Crippen molar-refractivity contribution in [3.05, 3.63) is 24.4 Å². The van der Waals surface area contributed by atoms with E-state index in [1.807, 2.05) is 24.4 Å². The molecule has 8 heteroatoms. The Morgan fingerprint density at radius 2 is 2.23 bits per heavy atom. The monoisotopic (exact) mass is 320 g/mol. The second-order valence-corrected chi connectivity index (χ2v) is 5.59. The van der Waals surface area contributed by atoms with Crippen molar-refractivity contribution in [2.75, 3.05) is 26.9 Å². The van der Waals surface area contributed by atoms with Crippen molar-refractivity contribution >= 4 is 21.6 Å². The van der Waals surface area contributed by atoms with Crippen LogP contribution in [0.1, 0.15) is 0 Å². The van der Waals surface area contributed by atoms with Crippen LogP contribution in [0.2, 0.25) is 0 Å². The van der Waals surface area contributed by atoms with E-state index in [0.29, 0.717) is 19.8 Å². The quantitative estimate of drug-likeness (QED) is 0.666. The van der Waals surface area contributed by atoms with Crippen molar-refractivity contribution in [1.29, 1.82) is 0 Å². The van der Waals surface area contributed by atoms with Crippen LogP contribution in [-0.4, -0.2) is 52.0 Å². The summed E-state index contributed by atoms with van der Waals surface area (Å²) in [5.74, 6) is 0.812. The maximum Gasteiger partial charge on any atom is 0.146 e. The highest BCUT2D eigenvalue weighted by Crippen LogP contribution is 2.31. The molecule has 7 nitrogen and oxygen atoms in total. The van der Waals surface area contributed by atoms with Gasteiger partial charge in [0.15, 0.2) is 0 Å². The Hall–Kier alpha value is -2.03. The number of aliphatic hydroxyl groups is 1. The van der Waals surface area contributed by atoms with E-state index in [9.17, 15) is 0 Å². The molecule has 0 aliphatic carbocycles. The van der Waals surface area contributed by atoms with Gasteiger partial charge in [-0.3, -0.25) is 0 Å². The minimum absolute atomic E-state index is 0.0256. The molecule has 0 aliphatic heterocycles. The molecule has 0 atom stereocenters. The molecule has 22 heavy (non-hydrogen) atoms. The molecule has 0 unspecified atom stereocenters. The molecule has 2 aromatic heterocycles. The van der Waals surface area contributed by atoms with Crippen molar-refractivity contribution in [2.24, 2.45) is 0 Å². The van der Waals surface area contributed by atoms with Gasteiger partial charge in [-0.15, -0.1) is 16.4 Å². The maximum absolute atomic E-state index is 8.65. The van der Waals surface area contributed by atoms with E-state index < -0.39 is 0 Å². The maximum atomic E-state index is 8.65. The molecule has 1 aromatic carbocycles. The van der Waals surface area contributed by atoms with E-state index in [1.54, 1.807) is 23.1 Å². The van der Waals surface area contributed by atoms with Crippen LogP contribution in [0.3, 0.4) is 0 Å². The molecule has 0 saturated heterocycles. The fraction of sp³-hybridized carbons (Fsp3) is 0.357. The first-order valence-electron chi connectivity index (χ1n) is 6.84.